The molecule has 2 N–H and O–H groups in total. The first-order valence-electron chi connectivity index (χ1n) is 10.2. The summed E-state index contributed by atoms with van der Waals surface area (Å²) in [5, 5.41) is 0. The van der Waals surface area contributed by atoms with Crippen molar-refractivity contribution < 1.29 is 32.2 Å². The third-order valence-electron chi connectivity index (χ3n) is 5.55. The van der Waals surface area contributed by atoms with Crippen LogP contribution in [0.4, 0.5) is 18.0 Å². The number of hydrogen-bond acceptors (Lipinski definition) is 5. The second kappa shape index (κ2) is 9.07. The third kappa shape index (κ3) is 4.90. The van der Waals surface area contributed by atoms with Gasteiger partial charge in [-0.25, -0.2) is 9.59 Å². The first-order chi connectivity index (χ1) is 15.7. The van der Waals surface area contributed by atoms with Crippen molar-refractivity contribution >= 4 is 12.1 Å². The van der Waals surface area contributed by atoms with Crippen LogP contribution in [-0.2, 0) is 26.9 Å². The monoisotopic (exact) mass is 455 g/mol. The number of ether oxygens (including phenoxy) is 2. The van der Waals surface area contributed by atoms with Crippen LogP contribution in [0.25, 0.3) is 11.1 Å². The van der Waals surface area contributed by atoms with Crippen LogP contribution in [0, 0.1) is 0 Å². The summed E-state index contributed by atoms with van der Waals surface area (Å²) in [5.74, 6) is -1.21. The van der Waals surface area contributed by atoms with E-state index in [4.69, 9.17) is 15.2 Å². The highest BCUT2D eigenvalue weighted by Gasteiger charge is 2.31. The highest BCUT2D eigenvalue weighted by Crippen LogP contribution is 2.44. The highest BCUT2D eigenvalue weighted by atomic mass is 19.4. The molecule has 33 heavy (non-hydrogen) atoms. The van der Waals surface area contributed by atoms with Gasteiger partial charge in [0.1, 0.15) is 12.6 Å². The number of halogens is 3. The number of carbonyl (C=O) groups is 2. The normalized spacial score (nSPS) is 13.7. The Morgan fingerprint density at radius 2 is 1.42 bits per heavy atom. The van der Waals surface area contributed by atoms with E-state index in [1.807, 2.05) is 48.5 Å². The lowest BCUT2D eigenvalue weighted by Gasteiger charge is -2.15. The molecule has 0 bridgehead atoms. The predicted molar refractivity (Wildman–Crippen MR) is 114 cm³/mol. The number of hydrogen-bond donors (Lipinski definition) is 1. The minimum atomic E-state index is -4.45. The van der Waals surface area contributed by atoms with E-state index in [-0.39, 0.29) is 18.9 Å². The van der Waals surface area contributed by atoms with Crippen LogP contribution >= 0.6 is 0 Å². The summed E-state index contributed by atoms with van der Waals surface area (Å²) >= 11 is 0. The predicted octanol–water partition coefficient (Wildman–Crippen LogP) is 5.07. The van der Waals surface area contributed by atoms with Crippen molar-refractivity contribution in [2.75, 3.05) is 6.61 Å². The zero-order chi connectivity index (χ0) is 23.6. The van der Waals surface area contributed by atoms with Crippen molar-refractivity contribution in [2.45, 2.75) is 24.6 Å². The fraction of sp³-hybridized carbons (Fsp3) is 0.200. The molecule has 0 saturated heterocycles. The maximum absolute atomic E-state index is 12.7. The molecule has 0 heterocycles. The van der Waals surface area contributed by atoms with E-state index in [1.54, 1.807) is 0 Å². The molecule has 0 fully saturated rings. The van der Waals surface area contributed by atoms with Crippen molar-refractivity contribution in [1.82, 2.24) is 0 Å². The first kappa shape index (κ1) is 22.5. The van der Waals surface area contributed by atoms with Gasteiger partial charge in [-0.05, 0) is 46.4 Å². The molecule has 3 aromatic carbocycles. The summed E-state index contributed by atoms with van der Waals surface area (Å²) in [7, 11) is 0. The molecular weight excluding hydrogens is 435 g/mol. The Bertz CT molecular complexity index is 1130. The molecule has 0 unspecified atom stereocenters. The number of carbonyl (C=O) groups excluding carboxylic acids is 2. The SMILES string of the molecule is N[C@@H](Cc1ccc(C(F)(F)F)cc1)C(=O)OC(=O)OCC1c2ccccc2-c2ccccc21. The molecule has 1 atom stereocenters. The summed E-state index contributed by atoms with van der Waals surface area (Å²) in [6.07, 6.45) is -5.72. The Morgan fingerprint density at radius 1 is 0.879 bits per heavy atom. The fourth-order valence-electron chi connectivity index (χ4n) is 3.95. The Labute approximate surface area is 187 Å². The maximum atomic E-state index is 12.7. The number of rotatable bonds is 5. The molecule has 0 aliphatic heterocycles. The Balaban J connectivity index is 1.33. The average Bonchev–Trinajstić information content (AvgIpc) is 3.11. The zero-order valence-corrected chi connectivity index (χ0v) is 17.3. The topological polar surface area (TPSA) is 78.6 Å². The summed E-state index contributed by atoms with van der Waals surface area (Å²) in [4.78, 5) is 24.2. The molecule has 5 nitrogen and oxygen atoms in total. The van der Waals surface area contributed by atoms with Gasteiger partial charge in [-0.15, -0.1) is 0 Å². The van der Waals surface area contributed by atoms with Crippen LogP contribution in [0.3, 0.4) is 0 Å². The number of alkyl halides is 3. The third-order valence-corrected chi connectivity index (χ3v) is 5.55. The number of nitrogens with two attached hydrogens (primary N) is 1. The molecule has 1 aliphatic carbocycles. The molecule has 4 rings (SSSR count). The van der Waals surface area contributed by atoms with Gasteiger partial charge in [0, 0.05) is 5.92 Å². The molecule has 0 aromatic heterocycles. The van der Waals surface area contributed by atoms with Crippen LogP contribution < -0.4 is 5.73 Å². The van der Waals surface area contributed by atoms with Crippen LogP contribution in [-0.4, -0.2) is 24.8 Å². The fourth-order valence-corrected chi connectivity index (χ4v) is 3.95. The molecule has 1 aliphatic rings. The highest BCUT2D eigenvalue weighted by molar-refractivity contribution is 5.85. The molecule has 0 saturated carbocycles. The van der Waals surface area contributed by atoms with Crippen LogP contribution in [0.15, 0.2) is 72.8 Å². The quantitative estimate of drug-likeness (QED) is 0.429. The summed E-state index contributed by atoms with van der Waals surface area (Å²) in [6, 6.07) is 18.6. The van der Waals surface area contributed by atoms with E-state index in [1.165, 1.54) is 12.1 Å². The zero-order valence-electron chi connectivity index (χ0n) is 17.3. The van der Waals surface area contributed by atoms with E-state index in [0.717, 1.165) is 34.4 Å². The lowest BCUT2D eigenvalue weighted by Crippen LogP contribution is -2.36. The molecule has 170 valence electrons. The molecule has 0 radical (unpaired) electrons. The summed E-state index contributed by atoms with van der Waals surface area (Å²) in [6.45, 7) is -0.0196. The average molecular weight is 455 g/mol. The van der Waals surface area contributed by atoms with E-state index in [9.17, 15) is 22.8 Å². The maximum Gasteiger partial charge on any atom is 0.516 e. The lowest BCUT2D eigenvalue weighted by molar-refractivity contribution is -0.141. The van der Waals surface area contributed by atoms with Gasteiger partial charge < -0.3 is 15.2 Å². The second-order valence-electron chi connectivity index (χ2n) is 7.71. The van der Waals surface area contributed by atoms with Gasteiger partial charge in [0.05, 0.1) is 5.56 Å². The van der Waals surface area contributed by atoms with Crippen molar-refractivity contribution in [1.29, 1.82) is 0 Å². The van der Waals surface area contributed by atoms with Crippen molar-refractivity contribution in [3.63, 3.8) is 0 Å². The van der Waals surface area contributed by atoms with E-state index < -0.39 is 29.9 Å². The van der Waals surface area contributed by atoms with Gasteiger partial charge in [-0.1, -0.05) is 60.7 Å². The molecule has 0 amide bonds. The van der Waals surface area contributed by atoms with Crippen molar-refractivity contribution in [3.05, 3.63) is 95.1 Å². The van der Waals surface area contributed by atoms with E-state index >= 15 is 0 Å². The lowest BCUT2D eigenvalue weighted by atomic mass is 9.98. The van der Waals surface area contributed by atoms with Gasteiger partial charge in [-0.2, -0.15) is 13.2 Å². The number of benzene rings is 3. The van der Waals surface area contributed by atoms with E-state index in [0.29, 0.717) is 5.56 Å². The van der Waals surface area contributed by atoms with E-state index in [2.05, 4.69) is 0 Å². The molecular formula is C25H20F3NO4. The molecule has 8 heteroatoms. The number of esters is 1. The van der Waals surface area contributed by atoms with Crippen LogP contribution in [0.5, 0.6) is 0 Å². The standard InChI is InChI=1S/C25H20F3NO4/c26-25(27,28)16-11-9-15(10-12-16)13-22(29)23(30)33-24(31)32-14-21-19-7-3-1-5-17(19)18-6-2-4-8-20(18)21/h1-12,21-22H,13-14,29H2/t22-/m0/s1. The van der Waals surface area contributed by atoms with Gasteiger partial charge in [-0.3, -0.25) is 0 Å². The molecule has 0 spiro atoms. The largest absolute Gasteiger partial charge is 0.516 e. The van der Waals surface area contributed by atoms with Gasteiger partial charge in [0.25, 0.3) is 0 Å². The second-order valence-corrected chi connectivity index (χ2v) is 7.71. The van der Waals surface area contributed by atoms with Gasteiger partial charge in [0.2, 0.25) is 0 Å². The van der Waals surface area contributed by atoms with Crippen LogP contribution in [0.2, 0.25) is 0 Å². The minimum Gasteiger partial charge on any atom is -0.433 e. The van der Waals surface area contributed by atoms with Crippen molar-refractivity contribution in [3.8, 4) is 11.1 Å². The Kier molecular flexibility index (Phi) is 6.20. The van der Waals surface area contributed by atoms with Crippen molar-refractivity contribution in [2.24, 2.45) is 5.73 Å². The summed E-state index contributed by atoms with van der Waals surface area (Å²) in [5.41, 5.74) is 9.50. The van der Waals surface area contributed by atoms with Gasteiger partial charge in [0.15, 0.2) is 0 Å². The van der Waals surface area contributed by atoms with Crippen LogP contribution in [0.1, 0.15) is 28.2 Å². The smallest absolute Gasteiger partial charge is 0.433 e. The molecule has 3 aromatic rings. The van der Waals surface area contributed by atoms with Gasteiger partial charge >= 0.3 is 18.3 Å². The summed E-state index contributed by atoms with van der Waals surface area (Å²) < 4.78 is 47.9. The number of fused-ring (bicyclic) bond motifs is 3. The minimum absolute atomic E-state index is 0.0196. The Hall–Kier alpha value is -3.65. The first-order valence-corrected chi connectivity index (χ1v) is 10.2. The Morgan fingerprint density at radius 3 is 1.97 bits per heavy atom.